The maximum atomic E-state index is 13.3. The number of likely N-dealkylation sites (tertiary alicyclic amines) is 1. The van der Waals surface area contributed by atoms with Crippen molar-refractivity contribution in [1.29, 1.82) is 0 Å². The summed E-state index contributed by atoms with van der Waals surface area (Å²) in [4.78, 5) is 30.3. The predicted octanol–water partition coefficient (Wildman–Crippen LogP) is 2.75. The summed E-state index contributed by atoms with van der Waals surface area (Å²) in [7, 11) is 0. The van der Waals surface area contributed by atoms with Crippen LogP contribution in [0.25, 0.3) is 0 Å². The first kappa shape index (κ1) is 23.8. The van der Waals surface area contributed by atoms with Gasteiger partial charge in [0.1, 0.15) is 5.82 Å². The Kier molecular flexibility index (Phi) is 8.66. The average molecular weight is 446 g/mol. The zero-order valence-electron chi connectivity index (χ0n) is 14.3. The number of anilines is 1. The molecule has 2 atom stereocenters. The van der Waals surface area contributed by atoms with Crippen LogP contribution in [-0.4, -0.2) is 53.3 Å². The second-order valence-electron chi connectivity index (χ2n) is 6.47. The molecule has 0 aromatic carbocycles. The van der Waals surface area contributed by atoms with Crippen LogP contribution in [-0.2, 0) is 9.59 Å². The normalized spacial score (nSPS) is 23.7. The molecule has 2 aliphatic heterocycles. The van der Waals surface area contributed by atoms with Crippen LogP contribution < -0.4 is 10.6 Å². The van der Waals surface area contributed by atoms with Crippen molar-refractivity contribution in [3.63, 3.8) is 0 Å². The van der Waals surface area contributed by atoms with Crippen molar-refractivity contribution in [3.8, 4) is 0 Å². The third-order valence-corrected chi connectivity index (χ3v) is 4.71. The lowest BCUT2D eigenvalue weighted by Gasteiger charge is -2.33. The molecule has 0 spiro atoms. The van der Waals surface area contributed by atoms with Gasteiger partial charge in [0.2, 0.25) is 11.8 Å². The van der Waals surface area contributed by atoms with Crippen molar-refractivity contribution in [3.05, 3.63) is 23.4 Å². The van der Waals surface area contributed by atoms with Gasteiger partial charge in [-0.1, -0.05) is 11.6 Å². The molecule has 2 unspecified atom stereocenters. The molecule has 2 aliphatic rings. The number of nitrogens with zero attached hydrogens (tertiary/aromatic N) is 2. The van der Waals surface area contributed by atoms with Gasteiger partial charge in [0.15, 0.2) is 0 Å². The van der Waals surface area contributed by atoms with Gasteiger partial charge < -0.3 is 10.2 Å². The Morgan fingerprint density at radius 1 is 1.33 bits per heavy atom. The third-order valence-electron chi connectivity index (χ3n) is 4.49. The van der Waals surface area contributed by atoms with Gasteiger partial charge in [-0.15, -0.1) is 24.8 Å². The fourth-order valence-electron chi connectivity index (χ4n) is 3.18. The number of hydrogen-bond acceptors (Lipinski definition) is 4. The van der Waals surface area contributed by atoms with Crippen LogP contribution in [0.4, 0.5) is 14.6 Å². The zero-order chi connectivity index (χ0) is 18.0. The van der Waals surface area contributed by atoms with Crippen LogP contribution >= 0.6 is 36.4 Å². The maximum absolute atomic E-state index is 13.3. The van der Waals surface area contributed by atoms with Crippen molar-refractivity contribution in [2.75, 3.05) is 25.0 Å². The van der Waals surface area contributed by atoms with Crippen LogP contribution in [0.1, 0.15) is 19.3 Å². The zero-order valence-corrected chi connectivity index (χ0v) is 16.7. The minimum absolute atomic E-state index is 0. The lowest BCUT2D eigenvalue weighted by atomic mass is 9.96. The molecule has 0 saturated carbocycles. The number of aromatic nitrogens is 1. The van der Waals surface area contributed by atoms with Gasteiger partial charge in [0.25, 0.3) is 5.92 Å². The largest absolute Gasteiger partial charge is 0.341 e. The molecule has 2 saturated heterocycles. The Morgan fingerprint density at radius 3 is 2.67 bits per heavy atom. The van der Waals surface area contributed by atoms with E-state index >= 15 is 0 Å². The molecule has 2 amide bonds. The van der Waals surface area contributed by atoms with Gasteiger partial charge >= 0.3 is 0 Å². The van der Waals surface area contributed by atoms with Crippen LogP contribution in [0.3, 0.4) is 0 Å². The Morgan fingerprint density at radius 2 is 2.07 bits per heavy atom. The first-order chi connectivity index (χ1) is 11.8. The Bertz CT molecular complexity index is 664. The predicted molar refractivity (Wildman–Crippen MR) is 103 cm³/mol. The number of pyridine rings is 1. The van der Waals surface area contributed by atoms with Crippen LogP contribution in [0.2, 0.25) is 5.02 Å². The van der Waals surface area contributed by atoms with E-state index in [4.69, 9.17) is 11.6 Å². The number of carbonyl (C=O) groups excluding carboxylic acids is 2. The molecule has 1 aromatic heterocycles. The molecule has 11 heteroatoms. The summed E-state index contributed by atoms with van der Waals surface area (Å²) in [6.07, 6.45) is 2.23. The number of piperidine rings is 1. The molecule has 3 heterocycles. The second-order valence-corrected chi connectivity index (χ2v) is 6.90. The summed E-state index contributed by atoms with van der Waals surface area (Å²) in [5.74, 6) is -3.46. The molecule has 27 heavy (non-hydrogen) atoms. The SMILES string of the molecule is Cl.Cl.O=C(Nc1ccc(Cl)cn1)C1CCCN(C(=O)C2CC(F)(F)CN2)C1. The van der Waals surface area contributed by atoms with Crippen molar-refractivity contribution in [1.82, 2.24) is 15.2 Å². The van der Waals surface area contributed by atoms with Gasteiger partial charge in [-0.3, -0.25) is 14.9 Å². The maximum Gasteiger partial charge on any atom is 0.262 e. The molecule has 2 N–H and O–H groups in total. The van der Waals surface area contributed by atoms with E-state index in [1.54, 1.807) is 12.1 Å². The topological polar surface area (TPSA) is 74.3 Å². The quantitative estimate of drug-likeness (QED) is 0.750. The highest BCUT2D eigenvalue weighted by molar-refractivity contribution is 6.30. The summed E-state index contributed by atoms with van der Waals surface area (Å²) in [6.45, 7) is 0.219. The lowest BCUT2D eigenvalue weighted by Crippen LogP contribution is -2.49. The van der Waals surface area contributed by atoms with Gasteiger partial charge in [-0.25, -0.2) is 13.8 Å². The number of rotatable bonds is 3. The fraction of sp³-hybridized carbons (Fsp3) is 0.562. The second kappa shape index (κ2) is 9.82. The van der Waals surface area contributed by atoms with E-state index in [2.05, 4.69) is 15.6 Å². The lowest BCUT2D eigenvalue weighted by molar-refractivity contribution is -0.136. The molecule has 3 rings (SSSR count). The summed E-state index contributed by atoms with van der Waals surface area (Å²) >= 11 is 5.75. The standard InChI is InChI=1S/C16H19ClF2N4O2.2ClH/c17-11-3-4-13(20-7-11)22-14(24)10-2-1-5-23(8-10)15(25)12-6-16(18,19)9-21-12;;/h3-4,7,10,12,21H,1-2,5-6,8-9H2,(H,20,22,24);2*1H. The molecule has 0 aliphatic carbocycles. The van der Waals surface area contributed by atoms with Crippen LogP contribution in [0.15, 0.2) is 18.3 Å². The van der Waals surface area contributed by atoms with Crippen molar-refractivity contribution < 1.29 is 18.4 Å². The first-order valence-corrected chi connectivity index (χ1v) is 8.54. The smallest absolute Gasteiger partial charge is 0.262 e. The number of halogens is 5. The van der Waals surface area contributed by atoms with E-state index in [9.17, 15) is 18.4 Å². The van der Waals surface area contributed by atoms with E-state index in [1.807, 2.05) is 0 Å². The highest BCUT2D eigenvalue weighted by Crippen LogP contribution is 2.27. The van der Waals surface area contributed by atoms with Crippen molar-refractivity contribution in [2.45, 2.75) is 31.2 Å². The molecule has 6 nitrogen and oxygen atoms in total. The summed E-state index contributed by atoms with van der Waals surface area (Å²) in [5, 5.41) is 5.73. The highest BCUT2D eigenvalue weighted by Gasteiger charge is 2.44. The fourth-order valence-corrected chi connectivity index (χ4v) is 3.29. The molecule has 152 valence electrons. The molecule has 0 radical (unpaired) electrons. The van der Waals surface area contributed by atoms with Gasteiger partial charge in [-0.2, -0.15) is 0 Å². The van der Waals surface area contributed by atoms with Gasteiger partial charge in [0.05, 0.1) is 23.5 Å². The van der Waals surface area contributed by atoms with Crippen LogP contribution in [0, 0.1) is 5.92 Å². The van der Waals surface area contributed by atoms with Gasteiger partial charge in [-0.05, 0) is 25.0 Å². The number of hydrogen-bond donors (Lipinski definition) is 2. The number of nitrogens with one attached hydrogen (secondary N) is 2. The summed E-state index contributed by atoms with van der Waals surface area (Å²) < 4.78 is 26.6. The summed E-state index contributed by atoms with van der Waals surface area (Å²) in [5.41, 5.74) is 0. The minimum Gasteiger partial charge on any atom is -0.341 e. The van der Waals surface area contributed by atoms with E-state index in [0.717, 1.165) is 0 Å². The number of amides is 2. The van der Waals surface area contributed by atoms with Crippen molar-refractivity contribution in [2.24, 2.45) is 5.92 Å². The molecular formula is C16H21Cl3F2N4O2. The monoisotopic (exact) mass is 444 g/mol. The third kappa shape index (κ3) is 6.14. The van der Waals surface area contributed by atoms with E-state index < -0.39 is 30.8 Å². The first-order valence-electron chi connectivity index (χ1n) is 8.16. The van der Waals surface area contributed by atoms with E-state index in [-0.39, 0.29) is 43.2 Å². The molecule has 2 fully saturated rings. The Labute approximate surface area is 173 Å². The summed E-state index contributed by atoms with van der Waals surface area (Å²) in [6, 6.07) is 2.33. The number of carbonyl (C=O) groups is 2. The number of alkyl halides is 2. The average Bonchev–Trinajstić information content (AvgIpc) is 2.96. The highest BCUT2D eigenvalue weighted by atomic mass is 35.5. The van der Waals surface area contributed by atoms with Gasteiger partial charge in [0, 0.05) is 25.7 Å². The Hall–Kier alpha value is -1.22. The van der Waals surface area contributed by atoms with Crippen LogP contribution in [0.5, 0.6) is 0 Å². The van der Waals surface area contributed by atoms with E-state index in [0.29, 0.717) is 30.2 Å². The molecule has 1 aromatic rings. The molecule has 0 bridgehead atoms. The van der Waals surface area contributed by atoms with Crippen molar-refractivity contribution >= 4 is 54.0 Å². The van der Waals surface area contributed by atoms with E-state index in [1.165, 1.54) is 11.1 Å². The Balaban J connectivity index is 0.00000182. The minimum atomic E-state index is -2.85. The molecular weight excluding hydrogens is 425 g/mol.